The van der Waals surface area contributed by atoms with Gasteiger partial charge in [-0.15, -0.1) is 0 Å². The van der Waals surface area contributed by atoms with Crippen LogP contribution in [0.5, 0.6) is 0 Å². The van der Waals surface area contributed by atoms with Crippen molar-refractivity contribution >= 4 is 34.9 Å². The molecule has 0 bridgehead atoms. The number of hydrogen-bond donors (Lipinski definition) is 1. The Balaban J connectivity index is 2.31. The number of aromatic nitrogens is 4. The van der Waals surface area contributed by atoms with Gasteiger partial charge in [-0.25, -0.2) is 9.97 Å². The summed E-state index contributed by atoms with van der Waals surface area (Å²) < 4.78 is 4.78. The Morgan fingerprint density at radius 2 is 2.25 bits per heavy atom. The summed E-state index contributed by atoms with van der Waals surface area (Å²) in [5, 5.41) is 14.2. The van der Waals surface area contributed by atoms with Gasteiger partial charge in [0.15, 0.2) is 9.37 Å². The SMILES string of the molecule is CCNc1ncc([N+](=O)[O-])c(Sc2nc(CC)ns2)n1. The maximum atomic E-state index is 11.0. The van der Waals surface area contributed by atoms with Crippen molar-refractivity contribution in [3.05, 3.63) is 22.1 Å². The molecule has 0 fully saturated rings. The van der Waals surface area contributed by atoms with Crippen molar-refractivity contribution in [2.45, 2.75) is 29.6 Å². The van der Waals surface area contributed by atoms with Crippen LogP contribution in [0.15, 0.2) is 15.6 Å². The Morgan fingerprint density at radius 3 is 2.85 bits per heavy atom. The number of rotatable bonds is 6. The third kappa shape index (κ3) is 3.39. The van der Waals surface area contributed by atoms with Crippen molar-refractivity contribution in [3.8, 4) is 0 Å². The lowest BCUT2D eigenvalue weighted by molar-refractivity contribution is -0.388. The largest absolute Gasteiger partial charge is 0.354 e. The molecule has 0 unspecified atom stereocenters. The van der Waals surface area contributed by atoms with E-state index >= 15 is 0 Å². The highest BCUT2D eigenvalue weighted by molar-refractivity contribution is 8.01. The van der Waals surface area contributed by atoms with Crippen LogP contribution in [-0.2, 0) is 6.42 Å². The van der Waals surface area contributed by atoms with Crippen molar-refractivity contribution < 1.29 is 4.92 Å². The average Bonchev–Trinajstić information content (AvgIpc) is 2.87. The van der Waals surface area contributed by atoms with Crippen molar-refractivity contribution in [1.29, 1.82) is 0 Å². The van der Waals surface area contributed by atoms with Gasteiger partial charge in [-0.3, -0.25) is 10.1 Å². The van der Waals surface area contributed by atoms with Crippen LogP contribution in [0.4, 0.5) is 11.6 Å². The number of nitro groups is 1. The molecule has 0 aliphatic heterocycles. The summed E-state index contributed by atoms with van der Waals surface area (Å²) in [6.45, 7) is 4.49. The van der Waals surface area contributed by atoms with E-state index in [1.54, 1.807) is 0 Å². The van der Waals surface area contributed by atoms with Crippen LogP contribution in [0.1, 0.15) is 19.7 Å². The van der Waals surface area contributed by atoms with Gasteiger partial charge in [0, 0.05) is 13.0 Å². The summed E-state index contributed by atoms with van der Waals surface area (Å²) in [5.41, 5.74) is -0.134. The molecule has 2 aromatic rings. The predicted octanol–water partition coefficient (Wildman–Crippen LogP) is 2.38. The Morgan fingerprint density at radius 1 is 1.45 bits per heavy atom. The minimum Gasteiger partial charge on any atom is -0.354 e. The lowest BCUT2D eigenvalue weighted by atomic mass is 10.5. The zero-order valence-corrected chi connectivity index (χ0v) is 12.5. The number of nitrogens with zero attached hydrogens (tertiary/aromatic N) is 5. The normalized spacial score (nSPS) is 10.5. The zero-order chi connectivity index (χ0) is 14.5. The van der Waals surface area contributed by atoms with E-state index in [0.717, 1.165) is 24.0 Å². The number of hydrogen-bond acceptors (Lipinski definition) is 9. The van der Waals surface area contributed by atoms with Crippen molar-refractivity contribution in [2.75, 3.05) is 11.9 Å². The summed E-state index contributed by atoms with van der Waals surface area (Å²) in [6.07, 6.45) is 1.93. The molecule has 20 heavy (non-hydrogen) atoms. The first-order valence-electron chi connectivity index (χ1n) is 5.89. The maximum absolute atomic E-state index is 11.0. The van der Waals surface area contributed by atoms with Crippen molar-refractivity contribution in [2.24, 2.45) is 0 Å². The second-order valence-electron chi connectivity index (χ2n) is 3.60. The van der Waals surface area contributed by atoms with Gasteiger partial charge in [0.05, 0.1) is 4.92 Å². The number of aryl methyl sites for hydroxylation is 1. The molecule has 0 atom stereocenters. The van der Waals surface area contributed by atoms with Gasteiger partial charge >= 0.3 is 5.69 Å². The molecular weight excluding hydrogens is 300 g/mol. The first-order chi connectivity index (χ1) is 9.63. The van der Waals surface area contributed by atoms with E-state index in [1.165, 1.54) is 17.7 Å². The molecule has 2 rings (SSSR count). The third-order valence-corrected chi connectivity index (χ3v) is 4.00. The molecule has 106 valence electrons. The van der Waals surface area contributed by atoms with E-state index in [2.05, 4.69) is 24.6 Å². The summed E-state index contributed by atoms with van der Waals surface area (Å²) >= 11 is 2.34. The lowest BCUT2D eigenvalue weighted by Crippen LogP contribution is -2.04. The van der Waals surface area contributed by atoms with Crippen LogP contribution < -0.4 is 5.32 Å². The Kier molecular flexibility index (Phi) is 4.79. The summed E-state index contributed by atoms with van der Waals surface area (Å²) in [7, 11) is 0. The van der Waals surface area contributed by atoms with Crippen molar-refractivity contribution in [1.82, 2.24) is 19.3 Å². The second-order valence-corrected chi connectivity index (χ2v) is 5.59. The molecular formula is C10H12N6O2S2. The molecule has 0 aliphatic rings. The van der Waals surface area contributed by atoms with Gasteiger partial charge in [0.2, 0.25) is 5.95 Å². The van der Waals surface area contributed by atoms with Gasteiger partial charge in [-0.05, 0) is 30.2 Å². The van der Waals surface area contributed by atoms with Crippen LogP contribution in [0.25, 0.3) is 0 Å². The fraction of sp³-hybridized carbons (Fsp3) is 0.400. The molecule has 0 spiro atoms. The van der Waals surface area contributed by atoms with Gasteiger partial charge in [-0.1, -0.05) is 6.92 Å². The van der Waals surface area contributed by atoms with Crippen LogP contribution in [-0.4, -0.2) is 30.8 Å². The monoisotopic (exact) mass is 312 g/mol. The molecule has 0 saturated carbocycles. The molecule has 2 heterocycles. The highest BCUT2D eigenvalue weighted by atomic mass is 32.2. The smallest absolute Gasteiger partial charge is 0.320 e. The van der Waals surface area contributed by atoms with E-state index in [9.17, 15) is 10.1 Å². The maximum Gasteiger partial charge on any atom is 0.320 e. The standard InChI is InChI=1S/C10H12N6O2S2/c1-3-7-13-10(20-15-7)19-8-6(16(17)18)5-12-9(14-8)11-4-2/h5H,3-4H2,1-2H3,(H,11,12,14). The van der Waals surface area contributed by atoms with E-state index < -0.39 is 4.92 Å². The Bertz CT molecular complexity index is 618. The Hall–Kier alpha value is -1.81. The van der Waals surface area contributed by atoms with Gasteiger partial charge in [0.25, 0.3) is 0 Å². The fourth-order valence-corrected chi connectivity index (χ4v) is 2.99. The third-order valence-electron chi connectivity index (χ3n) is 2.22. The van der Waals surface area contributed by atoms with E-state index in [0.29, 0.717) is 16.8 Å². The molecule has 0 radical (unpaired) electrons. The number of nitrogens with one attached hydrogen (secondary N) is 1. The van der Waals surface area contributed by atoms with Gasteiger partial charge in [0.1, 0.15) is 12.0 Å². The van der Waals surface area contributed by atoms with Gasteiger partial charge in [-0.2, -0.15) is 9.36 Å². The summed E-state index contributed by atoms with van der Waals surface area (Å²) in [4.78, 5) is 22.8. The molecule has 0 aliphatic carbocycles. The minimum absolute atomic E-state index is 0.134. The van der Waals surface area contributed by atoms with Crippen LogP contribution in [0.3, 0.4) is 0 Å². The minimum atomic E-state index is -0.500. The predicted molar refractivity (Wildman–Crippen MR) is 76.3 cm³/mol. The highest BCUT2D eigenvalue weighted by Crippen LogP contribution is 2.34. The quantitative estimate of drug-likeness (QED) is 0.492. The van der Waals surface area contributed by atoms with E-state index in [4.69, 9.17) is 0 Å². The van der Waals surface area contributed by atoms with E-state index in [-0.39, 0.29) is 10.7 Å². The second kappa shape index (κ2) is 6.57. The van der Waals surface area contributed by atoms with Crippen LogP contribution in [0, 0.1) is 10.1 Å². The summed E-state index contributed by atoms with van der Waals surface area (Å²) in [6, 6.07) is 0. The molecule has 0 aromatic carbocycles. The van der Waals surface area contributed by atoms with Crippen molar-refractivity contribution in [3.63, 3.8) is 0 Å². The molecule has 1 N–H and O–H groups in total. The van der Waals surface area contributed by atoms with Gasteiger partial charge < -0.3 is 5.32 Å². The molecule has 10 heteroatoms. The average molecular weight is 312 g/mol. The van der Waals surface area contributed by atoms with Crippen LogP contribution >= 0.6 is 23.3 Å². The Labute approximate surface area is 123 Å². The summed E-state index contributed by atoms with van der Waals surface area (Å²) in [5.74, 6) is 1.09. The fourth-order valence-electron chi connectivity index (χ4n) is 1.31. The zero-order valence-electron chi connectivity index (χ0n) is 10.9. The molecule has 2 aromatic heterocycles. The molecule has 0 amide bonds. The topological polar surface area (TPSA) is 107 Å². The number of anilines is 1. The molecule has 0 saturated heterocycles. The first-order valence-corrected chi connectivity index (χ1v) is 7.48. The first kappa shape index (κ1) is 14.6. The highest BCUT2D eigenvalue weighted by Gasteiger charge is 2.20. The lowest BCUT2D eigenvalue weighted by Gasteiger charge is -2.03. The molecule has 8 nitrogen and oxygen atoms in total. The van der Waals surface area contributed by atoms with Crippen LogP contribution in [0.2, 0.25) is 0 Å². The van der Waals surface area contributed by atoms with E-state index in [1.807, 2.05) is 13.8 Å².